The molecular weight excluding hydrogens is 324 g/mol. The van der Waals surface area contributed by atoms with Gasteiger partial charge < -0.3 is 4.74 Å². The first-order valence-corrected chi connectivity index (χ1v) is 9.28. The number of hydrogen-bond donors (Lipinski definition) is 1. The van der Waals surface area contributed by atoms with Gasteiger partial charge in [0.15, 0.2) is 0 Å². The lowest BCUT2D eigenvalue weighted by molar-refractivity contribution is 0.0954. The third-order valence-corrected chi connectivity index (χ3v) is 4.94. The van der Waals surface area contributed by atoms with Crippen molar-refractivity contribution in [1.82, 2.24) is 5.43 Å². The van der Waals surface area contributed by atoms with Crippen molar-refractivity contribution in [2.45, 2.75) is 39.7 Å². The zero-order valence-corrected chi connectivity index (χ0v) is 15.4. The fourth-order valence-electron chi connectivity index (χ4n) is 3.35. The molecule has 0 bridgehead atoms. The van der Waals surface area contributed by atoms with E-state index in [1.54, 1.807) is 0 Å². The molecule has 0 spiro atoms. The van der Waals surface area contributed by atoms with Gasteiger partial charge in [-0.2, -0.15) is 5.10 Å². The van der Waals surface area contributed by atoms with Crippen LogP contribution in [0.1, 0.15) is 49.0 Å². The molecule has 0 radical (unpaired) electrons. The number of para-hydroxylation sites is 1. The van der Waals surface area contributed by atoms with Crippen LogP contribution in [-0.4, -0.2) is 11.6 Å². The lowest BCUT2D eigenvalue weighted by atomic mass is 9.81. The second kappa shape index (κ2) is 8.65. The second-order valence-electron chi connectivity index (χ2n) is 7.01. The Balaban J connectivity index is 1.56. The highest BCUT2D eigenvalue weighted by atomic mass is 16.5. The van der Waals surface area contributed by atoms with E-state index >= 15 is 0 Å². The molecule has 0 heterocycles. The van der Waals surface area contributed by atoms with Crippen molar-refractivity contribution in [1.29, 1.82) is 0 Å². The number of carbonyl (C=O) groups is 1. The predicted molar refractivity (Wildman–Crippen MR) is 104 cm³/mol. The van der Waals surface area contributed by atoms with Crippen LogP contribution in [-0.2, 0) is 6.61 Å². The standard InChI is InChI=1S/C22H26N2O2/c1-16-7-6-8-17(2)21(16)23-24-22(25)19-13-11-18(12-14-19)15-26-20-9-4-3-5-10-20/h3-5,9-14,16-17H,6-8,15H2,1-2H3,(H,24,25)/t16-,17-/m1/s1. The van der Waals surface area contributed by atoms with Gasteiger partial charge in [0.25, 0.3) is 5.91 Å². The van der Waals surface area contributed by atoms with Gasteiger partial charge in [-0.25, -0.2) is 5.43 Å². The minimum Gasteiger partial charge on any atom is -0.489 e. The Morgan fingerprint density at radius 2 is 1.69 bits per heavy atom. The molecule has 0 unspecified atom stereocenters. The van der Waals surface area contributed by atoms with Gasteiger partial charge in [-0.05, 0) is 54.5 Å². The van der Waals surface area contributed by atoms with E-state index < -0.39 is 0 Å². The highest BCUT2D eigenvalue weighted by molar-refractivity contribution is 5.96. The summed E-state index contributed by atoms with van der Waals surface area (Å²) in [5.41, 5.74) is 5.46. The molecule has 2 atom stereocenters. The smallest absolute Gasteiger partial charge is 0.271 e. The average molecular weight is 350 g/mol. The minimum absolute atomic E-state index is 0.169. The number of hydrazone groups is 1. The summed E-state index contributed by atoms with van der Waals surface area (Å²) in [6, 6.07) is 17.1. The van der Waals surface area contributed by atoms with Gasteiger partial charge in [0.05, 0.1) is 0 Å². The quantitative estimate of drug-likeness (QED) is 0.787. The van der Waals surface area contributed by atoms with Gasteiger partial charge in [0.1, 0.15) is 12.4 Å². The molecule has 1 saturated carbocycles. The minimum atomic E-state index is -0.169. The van der Waals surface area contributed by atoms with E-state index in [0.29, 0.717) is 24.0 Å². The molecule has 1 aliphatic rings. The van der Waals surface area contributed by atoms with Gasteiger partial charge in [0, 0.05) is 11.3 Å². The molecule has 3 rings (SSSR count). The number of rotatable bonds is 5. The first-order valence-electron chi connectivity index (χ1n) is 9.28. The molecule has 1 fully saturated rings. The second-order valence-corrected chi connectivity index (χ2v) is 7.01. The van der Waals surface area contributed by atoms with Crippen molar-refractivity contribution in [3.8, 4) is 5.75 Å². The number of ether oxygens (including phenoxy) is 1. The molecule has 0 aliphatic heterocycles. The molecular formula is C22H26N2O2. The van der Waals surface area contributed by atoms with Crippen LogP contribution in [0.25, 0.3) is 0 Å². The number of carbonyl (C=O) groups excluding carboxylic acids is 1. The van der Waals surface area contributed by atoms with Gasteiger partial charge in [-0.1, -0.05) is 50.6 Å². The van der Waals surface area contributed by atoms with Crippen LogP contribution in [0.5, 0.6) is 5.75 Å². The van der Waals surface area contributed by atoms with E-state index in [4.69, 9.17) is 4.74 Å². The molecule has 136 valence electrons. The monoisotopic (exact) mass is 350 g/mol. The Hall–Kier alpha value is -2.62. The summed E-state index contributed by atoms with van der Waals surface area (Å²) < 4.78 is 5.72. The molecule has 26 heavy (non-hydrogen) atoms. The van der Waals surface area contributed by atoms with Crippen LogP contribution in [0.4, 0.5) is 0 Å². The normalized spacial score (nSPS) is 19.7. The largest absolute Gasteiger partial charge is 0.489 e. The van der Waals surface area contributed by atoms with Crippen LogP contribution in [0.3, 0.4) is 0 Å². The first-order chi connectivity index (χ1) is 12.6. The maximum atomic E-state index is 12.3. The van der Waals surface area contributed by atoms with Crippen molar-refractivity contribution in [3.63, 3.8) is 0 Å². The van der Waals surface area contributed by atoms with Crippen molar-refractivity contribution in [2.75, 3.05) is 0 Å². The summed E-state index contributed by atoms with van der Waals surface area (Å²) in [5, 5.41) is 4.41. The van der Waals surface area contributed by atoms with Crippen LogP contribution in [0.15, 0.2) is 59.7 Å². The molecule has 0 saturated heterocycles. The summed E-state index contributed by atoms with van der Waals surface area (Å²) in [6.45, 7) is 4.84. The maximum Gasteiger partial charge on any atom is 0.271 e. The number of hydrogen-bond acceptors (Lipinski definition) is 3. The molecule has 0 aromatic heterocycles. The Bertz CT molecular complexity index is 741. The predicted octanol–water partition coefficient (Wildman–Crippen LogP) is 4.81. The summed E-state index contributed by atoms with van der Waals surface area (Å²) >= 11 is 0. The fourth-order valence-corrected chi connectivity index (χ4v) is 3.35. The average Bonchev–Trinajstić information content (AvgIpc) is 2.67. The lowest BCUT2D eigenvalue weighted by Gasteiger charge is -2.26. The highest BCUT2D eigenvalue weighted by Crippen LogP contribution is 2.25. The van der Waals surface area contributed by atoms with Gasteiger partial charge >= 0.3 is 0 Å². The molecule has 4 heteroatoms. The van der Waals surface area contributed by atoms with Crippen molar-refractivity contribution < 1.29 is 9.53 Å². The van der Waals surface area contributed by atoms with E-state index in [9.17, 15) is 4.79 Å². The summed E-state index contributed by atoms with van der Waals surface area (Å²) in [7, 11) is 0. The fraction of sp³-hybridized carbons (Fsp3) is 0.364. The van der Waals surface area contributed by atoms with Crippen LogP contribution >= 0.6 is 0 Å². The summed E-state index contributed by atoms with van der Waals surface area (Å²) in [5.74, 6) is 1.55. The first kappa shape index (κ1) is 18.2. The van der Waals surface area contributed by atoms with Crippen LogP contribution < -0.4 is 10.2 Å². The van der Waals surface area contributed by atoms with Crippen molar-refractivity contribution in [2.24, 2.45) is 16.9 Å². The molecule has 1 N–H and O–H groups in total. The summed E-state index contributed by atoms with van der Waals surface area (Å²) in [4.78, 5) is 12.3. The van der Waals surface area contributed by atoms with E-state index in [2.05, 4.69) is 24.4 Å². The third kappa shape index (κ3) is 4.72. The maximum absolute atomic E-state index is 12.3. The van der Waals surface area contributed by atoms with Crippen LogP contribution in [0.2, 0.25) is 0 Å². The SMILES string of the molecule is C[C@@H]1CCC[C@@H](C)C1=NNC(=O)c1ccc(COc2ccccc2)cc1. The zero-order valence-electron chi connectivity index (χ0n) is 15.4. The molecule has 2 aromatic rings. The van der Waals surface area contributed by atoms with E-state index in [1.807, 2.05) is 54.6 Å². The summed E-state index contributed by atoms with van der Waals surface area (Å²) in [6.07, 6.45) is 3.53. The zero-order chi connectivity index (χ0) is 18.4. The van der Waals surface area contributed by atoms with Crippen molar-refractivity contribution >= 4 is 11.6 Å². The number of amides is 1. The lowest BCUT2D eigenvalue weighted by Crippen LogP contribution is -2.29. The van der Waals surface area contributed by atoms with E-state index in [-0.39, 0.29) is 5.91 Å². The van der Waals surface area contributed by atoms with Crippen molar-refractivity contribution in [3.05, 3.63) is 65.7 Å². The Labute approximate surface area is 155 Å². The molecule has 2 aromatic carbocycles. The number of nitrogens with zero attached hydrogens (tertiary/aromatic N) is 1. The Morgan fingerprint density at radius 1 is 1.04 bits per heavy atom. The molecule has 4 nitrogen and oxygen atoms in total. The van der Waals surface area contributed by atoms with E-state index in [0.717, 1.165) is 29.9 Å². The number of nitrogens with one attached hydrogen (secondary N) is 1. The van der Waals surface area contributed by atoms with Gasteiger partial charge in [-0.3, -0.25) is 4.79 Å². The Kier molecular flexibility index (Phi) is 6.05. The molecule has 1 aliphatic carbocycles. The topological polar surface area (TPSA) is 50.7 Å². The highest BCUT2D eigenvalue weighted by Gasteiger charge is 2.23. The van der Waals surface area contributed by atoms with Crippen LogP contribution in [0, 0.1) is 11.8 Å². The third-order valence-electron chi connectivity index (χ3n) is 4.94. The van der Waals surface area contributed by atoms with E-state index in [1.165, 1.54) is 6.42 Å². The van der Waals surface area contributed by atoms with Gasteiger partial charge in [0.2, 0.25) is 0 Å². The molecule has 1 amide bonds. The number of benzene rings is 2. The van der Waals surface area contributed by atoms with Gasteiger partial charge in [-0.15, -0.1) is 0 Å². The Morgan fingerprint density at radius 3 is 2.35 bits per heavy atom.